The third-order valence-corrected chi connectivity index (χ3v) is 2.90. The van der Waals surface area contributed by atoms with E-state index in [0.717, 1.165) is 0 Å². The molecule has 1 aliphatic rings. The van der Waals surface area contributed by atoms with Gasteiger partial charge in [-0.2, -0.15) is 0 Å². The maximum absolute atomic E-state index is 11.7. The predicted octanol–water partition coefficient (Wildman–Crippen LogP) is 1.02. The van der Waals surface area contributed by atoms with Gasteiger partial charge in [0.25, 0.3) is 5.91 Å². The van der Waals surface area contributed by atoms with Crippen LogP contribution in [-0.2, 0) is 5.72 Å². The molecule has 1 amide bonds. The van der Waals surface area contributed by atoms with Crippen LogP contribution in [0.4, 0.5) is 0 Å². The Morgan fingerprint density at radius 2 is 1.88 bits per heavy atom. The van der Waals surface area contributed by atoms with Crippen molar-refractivity contribution in [3.05, 3.63) is 65.5 Å². The van der Waals surface area contributed by atoms with Crippen molar-refractivity contribution < 1.29 is 9.90 Å². The minimum atomic E-state index is -1.47. The molecule has 0 saturated heterocycles. The summed E-state index contributed by atoms with van der Waals surface area (Å²) in [6.07, 6.45) is 1.54. The predicted molar refractivity (Wildman–Crippen MR) is 61.1 cm³/mol. The Bertz CT molecular complexity index is 583. The summed E-state index contributed by atoms with van der Waals surface area (Å²) >= 11 is 0. The zero-order chi connectivity index (χ0) is 11.9. The van der Waals surface area contributed by atoms with Crippen molar-refractivity contribution >= 4 is 5.91 Å². The second kappa shape index (κ2) is 3.40. The van der Waals surface area contributed by atoms with Crippen LogP contribution in [0.1, 0.15) is 21.6 Å². The molecule has 84 valence electrons. The molecule has 1 aliphatic heterocycles. The van der Waals surface area contributed by atoms with Crippen LogP contribution < -0.4 is 5.32 Å². The summed E-state index contributed by atoms with van der Waals surface area (Å²) in [7, 11) is 0. The number of rotatable bonds is 1. The number of amides is 1. The lowest BCUT2D eigenvalue weighted by atomic mass is 9.97. The Morgan fingerprint density at radius 1 is 1.12 bits per heavy atom. The quantitative estimate of drug-likeness (QED) is 0.763. The maximum Gasteiger partial charge on any atom is 0.273 e. The van der Waals surface area contributed by atoms with Gasteiger partial charge in [0.15, 0.2) is 5.72 Å². The molecule has 4 nitrogen and oxygen atoms in total. The molecule has 1 aromatic carbocycles. The van der Waals surface area contributed by atoms with Crippen molar-refractivity contribution in [1.82, 2.24) is 10.3 Å². The molecule has 2 aromatic rings. The van der Waals surface area contributed by atoms with Gasteiger partial charge >= 0.3 is 0 Å². The van der Waals surface area contributed by atoms with Crippen LogP contribution in [0.3, 0.4) is 0 Å². The van der Waals surface area contributed by atoms with Gasteiger partial charge in [-0.1, -0.05) is 30.3 Å². The number of benzene rings is 1. The van der Waals surface area contributed by atoms with Crippen molar-refractivity contribution in [3.8, 4) is 0 Å². The van der Waals surface area contributed by atoms with Crippen molar-refractivity contribution in [1.29, 1.82) is 0 Å². The fraction of sp³-hybridized carbons (Fsp3) is 0.0769. The summed E-state index contributed by atoms with van der Waals surface area (Å²) in [6, 6.07) is 12.4. The van der Waals surface area contributed by atoms with E-state index in [4.69, 9.17) is 0 Å². The van der Waals surface area contributed by atoms with Crippen LogP contribution in [0.5, 0.6) is 0 Å². The number of hydrogen-bond donors (Lipinski definition) is 2. The van der Waals surface area contributed by atoms with Gasteiger partial charge in [0.2, 0.25) is 0 Å². The minimum Gasteiger partial charge on any atom is -0.363 e. The average Bonchev–Trinajstić information content (AvgIpc) is 2.65. The molecule has 0 spiro atoms. The summed E-state index contributed by atoms with van der Waals surface area (Å²) in [5, 5.41) is 13.2. The van der Waals surface area contributed by atoms with Crippen LogP contribution >= 0.6 is 0 Å². The Hall–Kier alpha value is -2.20. The Balaban J connectivity index is 2.21. The SMILES string of the molecule is O=C1N[C@@](O)(c2ccccc2)c2cccnc21. The van der Waals surface area contributed by atoms with Crippen LogP contribution in [0.15, 0.2) is 48.7 Å². The number of carbonyl (C=O) groups is 1. The number of nitrogens with one attached hydrogen (secondary N) is 1. The molecule has 0 saturated carbocycles. The molecule has 4 heteroatoms. The van der Waals surface area contributed by atoms with Gasteiger partial charge in [-0.05, 0) is 12.1 Å². The first-order valence-corrected chi connectivity index (χ1v) is 5.28. The van der Waals surface area contributed by atoms with E-state index >= 15 is 0 Å². The highest BCUT2D eigenvalue weighted by molar-refractivity contribution is 5.98. The van der Waals surface area contributed by atoms with Crippen molar-refractivity contribution in [2.24, 2.45) is 0 Å². The van der Waals surface area contributed by atoms with E-state index in [2.05, 4.69) is 10.3 Å². The second-order valence-corrected chi connectivity index (χ2v) is 3.93. The van der Waals surface area contributed by atoms with Gasteiger partial charge in [-0.15, -0.1) is 0 Å². The normalized spacial score (nSPS) is 22.1. The molecule has 2 heterocycles. The van der Waals surface area contributed by atoms with E-state index in [1.165, 1.54) is 6.20 Å². The molecule has 0 unspecified atom stereocenters. The lowest BCUT2D eigenvalue weighted by Crippen LogP contribution is -2.40. The van der Waals surface area contributed by atoms with E-state index in [0.29, 0.717) is 11.1 Å². The average molecular weight is 226 g/mol. The van der Waals surface area contributed by atoms with Crippen LogP contribution in [0, 0.1) is 0 Å². The third kappa shape index (κ3) is 1.34. The molecule has 0 bridgehead atoms. The first-order chi connectivity index (χ1) is 8.22. The summed E-state index contributed by atoms with van der Waals surface area (Å²) in [6.45, 7) is 0. The molecule has 3 rings (SSSR count). The molecule has 2 N–H and O–H groups in total. The first-order valence-electron chi connectivity index (χ1n) is 5.28. The molecule has 1 atom stereocenters. The standard InChI is InChI=1S/C13H10N2O2/c16-12-11-10(7-4-8-14-11)13(17,15-12)9-5-2-1-3-6-9/h1-8,17H,(H,15,16)/t13-/m1/s1. The largest absolute Gasteiger partial charge is 0.363 e. The van der Waals surface area contributed by atoms with Crippen LogP contribution in [-0.4, -0.2) is 16.0 Å². The number of pyridine rings is 1. The first kappa shape index (κ1) is 9.99. The van der Waals surface area contributed by atoms with Crippen LogP contribution in [0.2, 0.25) is 0 Å². The number of aromatic nitrogens is 1. The number of aliphatic hydroxyl groups is 1. The Labute approximate surface area is 97.9 Å². The topological polar surface area (TPSA) is 62.2 Å². The van der Waals surface area contributed by atoms with Gasteiger partial charge < -0.3 is 10.4 Å². The fourth-order valence-electron chi connectivity index (χ4n) is 2.08. The lowest BCUT2D eigenvalue weighted by Gasteiger charge is -2.23. The molecule has 0 fully saturated rings. The Morgan fingerprint density at radius 3 is 2.65 bits per heavy atom. The minimum absolute atomic E-state index is 0.277. The van der Waals surface area contributed by atoms with Crippen molar-refractivity contribution in [3.63, 3.8) is 0 Å². The molecule has 0 aliphatic carbocycles. The molecular weight excluding hydrogens is 216 g/mol. The van der Waals surface area contributed by atoms with Gasteiger partial charge in [-0.3, -0.25) is 9.78 Å². The number of hydrogen-bond acceptors (Lipinski definition) is 3. The molecule has 1 aromatic heterocycles. The van der Waals surface area contributed by atoms with Crippen molar-refractivity contribution in [2.75, 3.05) is 0 Å². The maximum atomic E-state index is 11.7. The number of nitrogens with zero attached hydrogens (tertiary/aromatic N) is 1. The van der Waals surface area contributed by atoms with E-state index in [-0.39, 0.29) is 11.6 Å². The lowest BCUT2D eigenvalue weighted by molar-refractivity contribution is 0.0476. The van der Waals surface area contributed by atoms with E-state index in [1.54, 1.807) is 24.3 Å². The highest BCUT2D eigenvalue weighted by Gasteiger charge is 2.43. The fourth-order valence-corrected chi connectivity index (χ4v) is 2.08. The summed E-state index contributed by atoms with van der Waals surface area (Å²) in [4.78, 5) is 15.7. The van der Waals surface area contributed by atoms with Crippen molar-refractivity contribution in [2.45, 2.75) is 5.72 Å². The number of fused-ring (bicyclic) bond motifs is 1. The molecule has 0 radical (unpaired) electrons. The van der Waals surface area contributed by atoms with Gasteiger partial charge in [0.05, 0.1) is 0 Å². The third-order valence-electron chi connectivity index (χ3n) is 2.90. The monoisotopic (exact) mass is 226 g/mol. The zero-order valence-corrected chi connectivity index (χ0v) is 8.92. The zero-order valence-electron chi connectivity index (χ0n) is 8.92. The van der Waals surface area contributed by atoms with Gasteiger partial charge in [-0.25, -0.2) is 0 Å². The van der Waals surface area contributed by atoms with E-state index < -0.39 is 5.72 Å². The van der Waals surface area contributed by atoms with Crippen LogP contribution in [0.25, 0.3) is 0 Å². The highest BCUT2D eigenvalue weighted by atomic mass is 16.3. The van der Waals surface area contributed by atoms with Gasteiger partial charge in [0.1, 0.15) is 5.69 Å². The second-order valence-electron chi connectivity index (χ2n) is 3.93. The molecule has 17 heavy (non-hydrogen) atoms. The highest BCUT2D eigenvalue weighted by Crippen LogP contribution is 2.33. The van der Waals surface area contributed by atoms with E-state index in [1.807, 2.05) is 18.2 Å². The summed E-state index contributed by atoms with van der Waals surface area (Å²) in [5.74, 6) is -0.355. The van der Waals surface area contributed by atoms with E-state index in [9.17, 15) is 9.90 Å². The molecular formula is C13H10N2O2. The summed E-state index contributed by atoms with van der Waals surface area (Å²) < 4.78 is 0. The smallest absolute Gasteiger partial charge is 0.273 e. The number of carbonyl (C=O) groups excluding carboxylic acids is 1. The Kier molecular flexibility index (Phi) is 2.00. The van der Waals surface area contributed by atoms with Gasteiger partial charge in [0, 0.05) is 17.3 Å². The summed E-state index contributed by atoms with van der Waals surface area (Å²) in [5.41, 5.74) is -0.0720.